The molecule has 0 spiro atoms. The predicted octanol–water partition coefficient (Wildman–Crippen LogP) is 3.68. The highest BCUT2D eigenvalue weighted by atomic mass is 19.4. The highest BCUT2D eigenvalue weighted by molar-refractivity contribution is 5.01. The summed E-state index contributed by atoms with van der Waals surface area (Å²) in [6, 6.07) is 0. The summed E-state index contributed by atoms with van der Waals surface area (Å²) >= 11 is 0. The van der Waals surface area contributed by atoms with Gasteiger partial charge in [-0.2, -0.15) is 30.7 Å². The Bertz CT molecular complexity index is 253. The van der Waals surface area contributed by atoms with E-state index in [0.29, 0.717) is 0 Å². The second kappa shape index (κ2) is 4.17. The molecule has 96 valence electrons. The zero-order valence-corrected chi connectivity index (χ0v) is 7.34. The van der Waals surface area contributed by atoms with Crippen LogP contribution in [0.25, 0.3) is 0 Å². The summed E-state index contributed by atoms with van der Waals surface area (Å²) in [4.78, 5) is 0. The number of allylic oxidation sites excluding steroid dienone is 1. The van der Waals surface area contributed by atoms with Crippen LogP contribution in [-0.4, -0.2) is 30.4 Å². The van der Waals surface area contributed by atoms with E-state index in [4.69, 9.17) is 0 Å². The molecule has 0 aliphatic rings. The standard InChI is InChI=1S/C7H5F9/c1-2-3(8)5(10,11)4(9)6(12,13)7(14,15)16/h2-4H,1H2. The van der Waals surface area contributed by atoms with E-state index in [1.54, 1.807) is 0 Å². The molecule has 0 aromatic rings. The average molecular weight is 260 g/mol. The van der Waals surface area contributed by atoms with Crippen LogP contribution in [-0.2, 0) is 0 Å². The highest BCUT2D eigenvalue weighted by Gasteiger charge is 2.71. The third-order valence-corrected chi connectivity index (χ3v) is 1.61. The molecule has 9 heteroatoms. The van der Waals surface area contributed by atoms with Crippen molar-refractivity contribution in [1.82, 2.24) is 0 Å². The predicted molar refractivity (Wildman–Crippen MR) is 35.9 cm³/mol. The first-order valence-corrected chi connectivity index (χ1v) is 3.62. The Hall–Kier alpha value is -0.890. The summed E-state index contributed by atoms with van der Waals surface area (Å²) in [5.41, 5.74) is 0. The van der Waals surface area contributed by atoms with Crippen LogP contribution in [0.1, 0.15) is 0 Å². The van der Waals surface area contributed by atoms with Crippen LogP contribution in [0.4, 0.5) is 39.5 Å². The molecule has 0 amide bonds. The molecule has 2 atom stereocenters. The molecule has 0 aliphatic carbocycles. The molecule has 0 fully saturated rings. The van der Waals surface area contributed by atoms with Crippen molar-refractivity contribution in [2.75, 3.05) is 0 Å². The van der Waals surface area contributed by atoms with Gasteiger partial charge in [-0.3, -0.25) is 0 Å². The van der Waals surface area contributed by atoms with Gasteiger partial charge in [-0.15, -0.1) is 0 Å². The molecule has 0 heterocycles. The molecular weight excluding hydrogens is 255 g/mol. The highest BCUT2D eigenvalue weighted by Crippen LogP contribution is 2.46. The summed E-state index contributed by atoms with van der Waals surface area (Å²) < 4.78 is 108. The molecule has 0 N–H and O–H groups in total. The van der Waals surface area contributed by atoms with Gasteiger partial charge >= 0.3 is 18.0 Å². The lowest BCUT2D eigenvalue weighted by Gasteiger charge is -2.29. The second-order valence-electron chi connectivity index (χ2n) is 2.80. The minimum absolute atomic E-state index is 0.265. The molecule has 0 rings (SSSR count). The average Bonchev–Trinajstić information content (AvgIpc) is 2.13. The van der Waals surface area contributed by atoms with Gasteiger partial charge in [-0.25, -0.2) is 8.78 Å². The molecule has 0 saturated carbocycles. The fourth-order valence-corrected chi connectivity index (χ4v) is 0.682. The number of hydrogen-bond donors (Lipinski definition) is 0. The molecule has 0 bridgehead atoms. The van der Waals surface area contributed by atoms with Gasteiger partial charge in [0.25, 0.3) is 0 Å². The van der Waals surface area contributed by atoms with Crippen molar-refractivity contribution in [3.8, 4) is 0 Å². The molecule has 16 heavy (non-hydrogen) atoms. The Kier molecular flexibility index (Phi) is 3.94. The second-order valence-corrected chi connectivity index (χ2v) is 2.80. The van der Waals surface area contributed by atoms with E-state index in [-0.39, 0.29) is 6.08 Å². The summed E-state index contributed by atoms with van der Waals surface area (Å²) in [6.45, 7) is 2.41. The molecule has 0 aliphatic heterocycles. The Morgan fingerprint density at radius 3 is 1.50 bits per heavy atom. The maximum absolute atomic E-state index is 12.4. The Morgan fingerprint density at radius 2 is 1.25 bits per heavy atom. The molecule has 0 aromatic heterocycles. The first kappa shape index (κ1) is 15.1. The molecule has 0 aromatic carbocycles. The van der Waals surface area contributed by atoms with Crippen LogP contribution in [0.15, 0.2) is 12.7 Å². The maximum atomic E-state index is 12.4. The van der Waals surface area contributed by atoms with Gasteiger partial charge < -0.3 is 0 Å². The zero-order chi connectivity index (χ0) is 13.4. The molecule has 0 radical (unpaired) electrons. The van der Waals surface area contributed by atoms with Crippen LogP contribution in [0.2, 0.25) is 0 Å². The van der Waals surface area contributed by atoms with Gasteiger partial charge in [0.2, 0.25) is 6.17 Å². The fraction of sp³-hybridized carbons (Fsp3) is 0.714. The van der Waals surface area contributed by atoms with Crippen molar-refractivity contribution in [2.24, 2.45) is 0 Å². The number of alkyl halides is 9. The van der Waals surface area contributed by atoms with Gasteiger partial charge in [0.05, 0.1) is 0 Å². The number of rotatable bonds is 4. The molecule has 2 unspecified atom stereocenters. The van der Waals surface area contributed by atoms with Crippen LogP contribution < -0.4 is 0 Å². The van der Waals surface area contributed by atoms with E-state index >= 15 is 0 Å². The lowest BCUT2D eigenvalue weighted by Crippen LogP contribution is -2.55. The first-order chi connectivity index (χ1) is 6.89. The molecule has 0 nitrogen and oxygen atoms in total. The quantitative estimate of drug-likeness (QED) is 0.534. The smallest absolute Gasteiger partial charge is 0.236 e. The molecule has 0 saturated heterocycles. The van der Waals surface area contributed by atoms with Crippen molar-refractivity contribution >= 4 is 0 Å². The van der Waals surface area contributed by atoms with Crippen molar-refractivity contribution in [2.45, 2.75) is 30.4 Å². The number of halogens is 9. The maximum Gasteiger partial charge on any atom is 0.456 e. The van der Waals surface area contributed by atoms with Gasteiger partial charge in [-0.05, 0) is 0 Å². The van der Waals surface area contributed by atoms with E-state index in [0.717, 1.165) is 0 Å². The zero-order valence-electron chi connectivity index (χ0n) is 7.34. The van der Waals surface area contributed by atoms with Gasteiger partial charge in [0, 0.05) is 0 Å². The van der Waals surface area contributed by atoms with Crippen molar-refractivity contribution < 1.29 is 39.5 Å². The largest absolute Gasteiger partial charge is 0.456 e. The summed E-state index contributed by atoms with van der Waals surface area (Å²) in [5.74, 6) is -11.9. The monoisotopic (exact) mass is 260 g/mol. The Morgan fingerprint density at radius 1 is 0.875 bits per heavy atom. The van der Waals surface area contributed by atoms with Crippen LogP contribution in [0.3, 0.4) is 0 Å². The van der Waals surface area contributed by atoms with E-state index in [1.165, 1.54) is 0 Å². The summed E-state index contributed by atoms with van der Waals surface area (Å²) in [7, 11) is 0. The van der Waals surface area contributed by atoms with Crippen molar-refractivity contribution in [3.63, 3.8) is 0 Å². The normalized spacial score (nSPS) is 18.1. The third-order valence-electron chi connectivity index (χ3n) is 1.61. The van der Waals surface area contributed by atoms with E-state index in [1.807, 2.05) is 0 Å². The minimum Gasteiger partial charge on any atom is -0.236 e. The Balaban J connectivity index is 5.20. The lowest BCUT2D eigenvalue weighted by atomic mass is 10.0. The van der Waals surface area contributed by atoms with Crippen molar-refractivity contribution in [3.05, 3.63) is 12.7 Å². The van der Waals surface area contributed by atoms with Gasteiger partial charge in [0.1, 0.15) is 0 Å². The van der Waals surface area contributed by atoms with Crippen LogP contribution in [0, 0.1) is 0 Å². The SMILES string of the molecule is C=CC(F)C(F)(F)C(F)C(F)(F)C(F)(F)F. The van der Waals surface area contributed by atoms with E-state index < -0.39 is 30.4 Å². The van der Waals surface area contributed by atoms with E-state index in [2.05, 4.69) is 6.58 Å². The summed E-state index contributed by atoms with van der Waals surface area (Å²) in [6.07, 6.45) is -15.5. The first-order valence-electron chi connectivity index (χ1n) is 3.62. The summed E-state index contributed by atoms with van der Waals surface area (Å²) in [5, 5.41) is 0. The topological polar surface area (TPSA) is 0 Å². The third kappa shape index (κ3) is 2.43. The minimum atomic E-state index is -6.53. The van der Waals surface area contributed by atoms with Gasteiger partial charge in [-0.1, -0.05) is 12.7 Å². The van der Waals surface area contributed by atoms with E-state index in [9.17, 15) is 39.5 Å². The van der Waals surface area contributed by atoms with Crippen LogP contribution >= 0.6 is 0 Å². The molecular formula is C7H5F9. The Labute approximate surface area is 83.7 Å². The van der Waals surface area contributed by atoms with Crippen LogP contribution in [0.5, 0.6) is 0 Å². The number of hydrogen-bond acceptors (Lipinski definition) is 0. The fourth-order valence-electron chi connectivity index (χ4n) is 0.682. The van der Waals surface area contributed by atoms with Crippen molar-refractivity contribution in [1.29, 1.82) is 0 Å². The van der Waals surface area contributed by atoms with Gasteiger partial charge in [0.15, 0.2) is 6.17 Å². The lowest BCUT2D eigenvalue weighted by molar-refractivity contribution is -0.331.